The largest absolute Gasteiger partial charge is 0.370 e. The van der Waals surface area contributed by atoms with Crippen LogP contribution in [0, 0.1) is 19.8 Å². The highest BCUT2D eigenvalue weighted by Gasteiger charge is 2.21. The summed E-state index contributed by atoms with van der Waals surface area (Å²) in [4.78, 5) is 15.6. The topological polar surface area (TPSA) is 79.5 Å². The van der Waals surface area contributed by atoms with Crippen molar-refractivity contribution in [3.05, 3.63) is 29.3 Å². The summed E-state index contributed by atoms with van der Waals surface area (Å²) >= 11 is 0. The summed E-state index contributed by atoms with van der Waals surface area (Å²) in [5.74, 6) is 0.852. The Kier molecular flexibility index (Phi) is 6.94. The fraction of sp³-hybridized carbons (Fsp3) is 0.467. The fourth-order valence-corrected chi connectivity index (χ4v) is 1.80. The number of hydrogen-bond acceptors (Lipinski definition) is 2. The normalized spacial score (nSPS) is 14.3. The van der Waals surface area contributed by atoms with E-state index in [-0.39, 0.29) is 42.4 Å². The van der Waals surface area contributed by atoms with Crippen molar-refractivity contribution in [2.75, 3.05) is 18.4 Å². The van der Waals surface area contributed by atoms with E-state index in [1.54, 1.807) is 0 Å². The van der Waals surface area contributed by atoms with E-state index in [2.05, 4.69) is 22.5 Å². The number of amides is 1. The summed E-state index contributed by atoms with van der Waals surface area (Å²) in [5, 5.41) is 5.84. The van der Waals surface area contributed by atoms with Gasteiger partial charge in [-0.05, 0) is 55.9 Å². The fourth-order valence-electron chi connectivity index (χ4n) is 1.80. The van der Waals surface area contributed by atoms with E-state index < -0.39 is 0 Å². The Bertz CT molecular complexity index is 526. The Hall–Kier alpha value is -1.31. The molecule has 0 bridgehead atoms. The summed E-state index contributed by atoms with van der Waals surface area (Å²) in [5.41, 5.74) is 9.06. The first-order valence-corrected chi connectivity index (χ1v) is 6.95. The first-order chi connectivity index (χ1) is 9.54. The summed E-state index contributed by atoms with van der Waals surface area (Å²) in [7, 11) is 0. The number of nitrogens with two attached hydrogens (primary N) is 1. The number of halogens is 1. The second-order valence-corrected chi connectivity index (χ2v) is 5.37. The summed E-state index contributed by atoms with van der Waals surface area (Å²) < 4.78 is 0. The van der Waals surface area contributed by atoms with Crippen LogP contribution in [0.1, 0.15) is 24.0 Å². The van der Waals surface area contributed by atoms with Crippen molar-refractivity contribution in [3.63, 3.8) is 0 Å². The summed E-state index contributed by atoms with van der Waals surface area (Å²) in [6, 6.07) is 5.97. The Morgan fingerprint density at radius 3 is 2.67 bits per heavy atom. The van der Waals surface area contributed by atoms with Gasteiger partial charge in [-0.15, -0.1) is 24.0 Å². The van der Waals surface area contributed by atoms with Crippen molar-refractivity contribution in [3.8, 4) is 0 Å². The lowest BCUT2D eigenvalue weighted by Gasteiger charge is -2.08. The molecule has 0 aromatic heterocycles. The molecule has 21 heavy (non-hydrogen) atoms. The van der Waals surface area contributed by atoms with Crippen LogP contribution in [0.15, 0.2) is 23.2 Å². The first-order valence-electron chi connectivity index (χ1n) is 6.95. The van der Waals surface area contributed by atoms with Crippen LogP contribution in [-0.4, -0.2) is 25.0 Å². The molecule has 1 aliphatic rings. The Labute approximate surface area is 142 Å². The van der Waals surface area contributed by atoms with E-state index in [4.69, 9.17) is 5.73 Å². The third-order valence-electron chi connectivity index (χ3n) is 3.46. The third-order valence-corrected chi connectivity index (χ3v) is 3.46. The lowest BCUT2D eigenvalue weighted by atomic mass is 10.1. The van der Waals surface area contributed by atoms with Gasteiger partial charge in [0.2, 0.25) is 5.91 Å². The van der Waals surface area contributed by atoms with Crippen molar-refractivity contribution in [1.82, 2.24) is 5.32 Å². The van der Waals surface area contributed by atoms with E-state index in [0.717, 1.165) is 12.2 Å². The molecule has 0 saturated heterocycles. The minimum Gasteiger partial charge on any atom is -0.370 e. The second kappa shape index (κ2) is 8.21. The zero-order valence-electron chi connectivity index (χ0n) is 12.5. The molecule has 0 heterocycles. The minimum absolute atomic E-state index is 0. The Morgan fingerprint density at radius 2 is 2.05 bits per heavy atom. The molecular formula is C15H23IN4O. The minimum atomic E-state index is -0.0817. The van der Waals surface area contributed by atoms with E-state index in [9.17, 15) is 4.79 Å². The van der Waals surface area contributed by atoms with Crippen LogP contribution in [0.2, 0.25) is 0 Å². The standard InChI is InChI=1S/C15H22N4O.HI/c1-10-3-6-13(7-11(10)2)19-15(16)18-9-14(20)17-8-12-4-5-12;/h3,6-7,12H,4-5,8-9H2,1-2H3,(H,17,20)(H3,16,18,19);1H. The molecule has 1 aliphatic carbocycles. The van der Waals surface area contributed by atoms with Crippen LogP contribution in [0.5, 0.6) is 0 Å². The van der Waals surface area contributed by atoms with Crippen LogP contribution in [0.3, 0.4) is 0 Å². The molecule has 0 atom stereocenters. The van der Waals surface area contributed by atoms with Crippen molar-refractivity contribution in [2.45, 2.75) is 26.7 Å². The number of hydrogen-bond donors (Lipinski definition) is 3. The van der Waals surface area contributed by atoms with Gasteiger partial charge in [0.1, 0.15) is 6.54 Å². The smallest absolute Gasteiger partial charge is 0.241 e. The number of carbonyl (C=O) groups excluding carboxylic acids is 1. The number of nitrogens with one attached hydrogen (secondary N) is 2. The maximum absolute atomic E-state index is 11.5. The Balaban J connectivity index is 0.00000220. The highest BCUT2D eigenvalue weighted by atomic mass is 127. The molecule has 1 saturated carbocycles. The number of benzene rings is 1. The highest BCUT2D eigenvalue weighted by Crippen LogP contribution is 2.27. The molecule has 0 radical (unpaired) electrons. The van der Waals surface area contributed by atoms with Gasteiger partial charge in [0.05, 0.1) is 0 Å². The van der Waals surface area contributed by atoms with Gasteiger partial charge in [0, 0.05) is 12.2 Å². The van der Waals surface area contributed by atoms with Gasteiger partial charge in [0.15, 0.2) is 5.96 Å². The molecule has 0 spiro atoms. The average molecular weight is 402 g/mol. The lowest BCUT2D eigenvalue weighted by Crippen LogP contribution is -2.30. The molecule has 1 amide bonds. The molecule has 0 aliphatic heterocycles. The van der Waals surface area contributed by atoms with Crippen molar-refractivity contribution in [2.24, 2.45) is 16.6 Å². The lowest BCUT2D eigenvalue weighted by molar-refractivity contribution is -0.119. The molecule has 1 fully saturated rings. The van der Waals surface area contributed by atoms with Crippen LogP contribution in [0.4, 0.5) is 5.69 Å². The highest BCUT2D eigenvalue weighted by molar-refractivity contribution is 14.0. The monoisotopic (exact) mass is 402 g/mol. The third kappa shape index (κ3) is 6.33. The maximum atomic E-state index is 11.5. The molecule has 6 heteroatoms. The predicted octanol–water partition coefficient (Wildman–Crippen LogP) is 2.17. The maximum Gasteiger partial charge on any atom is 0.241 e. The zero-order valence-corrected chi connectivity index (χ0v) is 14.8. The van der Waals surface area contributed by atoms with E-state index in [1.165, 1.54) is 24.0 Å². The predicted molar refractivity (Wildman–Crippen MR) is 97.2 cm³/mol. The molecule has 0 unspecified atom stereocenters. The quantitative estimate of drug-likeness (QED) is 0.401. The molecule has 4 N–H and O–H groups in total. The molecule has 1 aromatic rings. The van der Waals surface area contributed by atoms with E-state index in [0.29, 0.717) is 5.92 Å². The number of rotatable bonds is 5. The number of guanidine groups is 1. The zero-order chi connectivity index (χ0) is 14.5. The van der Waals surface area contributed by atoms with E-state index >= 15 is 0 Å². The van der Waals surface area contributed by atoms with E-state index in [1.807, 2.05) is 25.1 Å². The second-order valence-electron chi connectivity index (χ2n) is 5.37. The van der Waals surface area contributed by atoms with Crippen LogP contribution < -0.4 is 16.4 Å². The van der Waals surface area contributed by atoms with Crippen molar-refractivity contribution < 1.29 is 4.79 Å². The van der Waals surface area contributed by atoms with Gasteiger partial charge < -0.3 is 16.4 Å². The Morgan fingerprint density at radius 1 is 1.33 bits per heavy atom. The number of anilines is 1. The molecule has 5 nitrogen and oxygen atoms in total. The summed E-state index contributed by atoms with van der Waals surface area (Å²) in [6.45, 7) is 4.93. The average Bonchev–Trinajstić information content (AvgIpc) is 3.22. The van der Waals surface area contributed by atoms with Crippen molar-refractivity contribution in [1.29, 1.82) is 0 Å². The van der Waals surface area contributed by atoms with Gasteiger partial charge >= 0.3 is 0 Å². The number of aryl methyl sites for hydroxylation is 2. The SMILES string of the molecule is Cc1ccc(NC(N)=NCC(=O)NCC2CC2)cc1C.I. The first kappa shape index (κ1) is 17.7. The summed E-state index contributed by atoms with van der Waals surface area (Å²) in [6.07, 6.45) is 2.44. The van der Waals surface area contributed by atoms with Gasteiger partial charge in [-0.1, -0.05) is 6.07 Å². The number of aliphatic imine (C=N–C) groups is 1. The molecule has 1 aromatic carbocycles. The van der Waals surface area contributed by atoms with Gasteiger partial charge in [-0.25, -0.2) is 4.99 Å². The molecular weight excluding hydrogens is 379 g/mol. The van der Waals surface area contributed by atoms with Crippen LogP contribution in [0.25, 0.3) is 0 Å². The van der Waals surface area contributed by atoms with Crippen LogP contribution >= 0.6 is 24.0 Å². The van der Waals surface area contributed by atoms with Crippen molar-refractivity contribution >= 4 is 41.5 Å². The molecule has 2 rings (SSSR count). The number of nitrogens with zero attached hydrogens (tertiary/aromatic N) is 1. The van der Waals surface area contributed by atoms with Crippen LogP contribution in [-0.2, 0) is 4.79 Å². The molecule has 116 valence electrons. The van der Waals surface area contributed by atoms with Gasteiger partial charge in [-0.3, -0.25) is 4.79 Å². The van der Waals surface area contributed by atoms with Gasteiger partial charge in [0.25, 0.3) is 0 Å². The van der Waals surface area contributed by atoms with Gasteiger partial charge in [-0.2, -0.15) is 0 Å². The number of carbonyl (C=O) groups is 1.